The van der Waals surface area contributed by atoms with E-state index >= 15 is 0 Å². The van der Waals surface area contributed by atoms with Gasteiger partial charge in [0, 0.05) is 24.9 Å². The summed E-state index contributed by atoms with van der Waals surface area (Å²) in [6.07, 6.45) is 24.8. The fourth-order valence-corrected chi connectivity index (χ4v) is 5.49. The number of carbonyl (C=O) groups excluding carboxylic acids is 2. The third kappa shape index (κ3) is 19.5. The zero-order valence-electron chi connectivity index (χ0n) is 28.9. The van der Waals surface area contributed by atoms with Gasteiger partial charge in [-0.3, -0.25) is 14.4 Å². The van der Waals surface area contributed by atoms with Crippen molar-refractivity contribution in [3.05, 3.63) is 12.2 Å². The number of hydrogen-bond donors (Lipinski definition) is 3. The molecule has 2 atom stereocenters. The minimum atomic E-state index is -0.902. The van der Waals surface area contributed by atoms with Crippen LogP contribution in [0.3, 0.4) is 0 Å². The first-order valence-electron chi connectivity index (χ1n) is 17.7. The molecule has 0 aliphatic carbocycles. The zero-order valence-corrected chi connectivity index (χ0v) is 28.9. The molecule has 8 nitrogen and oxygen atoms in total. The topological polar surface area (TPSA) is 114 Å². The highest BCUT2D eigenvalue weighted by atomic mass is 16.7. The lowest BCUT2D eigenvalue weighted by Crippen LogP contribution is -2.57. The van der Waals surface area contributed by atoms with Gasteiger partial charge < -0.3 is 25.2 Å². The number of rotatable bonds is 26. The van der Waals surface area contributed by atoms with E-state index in [1.54, 1.807) is 13.8 Å². The van der Waals surface area contributed by atoms with Crippen LogP contribution in [0.5, 0.6) is 0 Å². The zero-order chi connectivity index (χ0) is 32.7. The minimum absolute atomic E-state index is 0.0812. The summed E-state index contributed by atoms with van der Waals surface area (Å²) in [5.41, 5.74) is -0.502. The van der Waals surface area contributed by atoms with Gasteiger partial charge in [-0.05, 0) is 58.8 Å². The summed E-state index contributed by atoms with van der Waals surface area (Å²) in [6.45, 7) is 10.7. The highest BCUT2D eigenvalue weighted by Gasteiger charge is 2.45. The fourth-order valence-electron chi connectivity index (χ4n) is 5.49. The number of hydrogen-bond acceptors (Lipinski definition) is 5. The number of amides is 2. The van der Waals surface area contributed by atoms with E-state index in [0.717, 1.165) is 38.5 Å². The molecule has 3 N–H and O–H groups in total. The summed E-state index contributed by atoms with van der Waals surface area (Å²) in [4.78, 5) is 36.7. The Morgan fingerprint density at radius 3 is 2.00 bits per heavy atom. The van der Waals surface area contributed by atoms with Crippen LogP contribution in [0.1, 0.15) is 157 Å². The second-order valence-electron chi connectivity index (χ2n) is 13.8. The maximum absolute atomic E-state index is 12.8. The average Bonchev–Trinajstić information content (AvgIpc) is 2.97. The monoisotopic (exact) mass is 622 g/mol. The third-order valence-electron chi connectivity index (χ3n) is 8.48. The van der Waals surface area contributed by atoms with Crippen LogP contribution in [0.15, 0.2) is 12.2 Å². The normalized spacial score (nSPS) is 18.2. The van der Waals surface area contributed by atoms with Gasteiger partial charge in [-0.1, -0.05) is 104 Å². The van der Waals surface area contributed by atoms with Crippen molar-refractivity contribution in [1.82, 2.24) is 10.6 Å². The highest BCUT2D eigenvalue weighted by Crippen LogP contribution is 2.34. The van der Waals surface area contributed by atoms with Gasteiger partial charge in [0.05, 0.1) is 12.5 Å². The minimum Gasteiger partial charge on any atom is -0.481 e. The number of carboxylic acids is 1. The molecule has 0 aromatic rings. The molecule has 1 fully saturated rings. The molecule has 0 spiro atoms. The van der Waals surface area contributed by atoms with Crippen molar-refractivity contribution in [2.75, 3.05) is 19.7 Å². The molecule has 8 heteroatoms. The van der Waals surface area contributed by atoms with Crippen LogP contribution in [0.2, 0.25) is 0 Å². The summed E-state index contributed by atoms with van der Waals surface area (Å²) in [6, 6.07) is 0. The lowest BCUT2D eigenvalue weighted by atomic mass is 9.85. The Morgan fingerprint density at radius 1 is 0.795 bits per heavy atom. The van der Waals surface area contributed by atoms with Crippen molar-refractivity contribution < 1.29 is 29.0 Å². The summed E-state index contributed by atoms with van der Waals surface area (Å²) in [7, 11) is 0. The van der Waals surface area contributed by atoms with E-state index in [9.17, 15) is 19.5 Å². The Hall–Kier alpha value is -1.93. The van der Waals surface area contributed by atoms with Crippen molar-refractivity contribution in [2.45, 2.75) is 169 Å². The molecule has 256 valence electrons. The van der Waals surface area contributed by atoms with Crippen LogP contribution in [0, 0.1) is 11.3 Å². The van der Waals surface area contributed by atoms with Gasteiger partial charge in [0.15, 0.2) is 5.79 Å². The largest absolute Gasteiger partial charge is 0.481 e. The summed E-state index contributed by atoms with van der Waals surface area (Å²) in [5, 5.41) is 15.5. The highest BCUT2D eigenvalue weighted by molar-refractivity contribution is 5.82. The van der Waals surface area contributed by atoms with Crippen LogP contribution in [0.25, 0.3) is 0 Å². The molecule has 44 heavy (non-hydrogen) atoms. The SMILES string of the molecule is CCCCCCCC/C=C\CCCCCCCC(=O)NCCCCCCC(CNC(=O)C1OC(C)(C)OCC1(C)C)C(=O)O. The molecular formula is C36H66N2O6. The van der Waals surface area contributed by atoms with Crippen LogP contribution in [0.4, 0.5) is 0 Å². The molecule has 1 saturated heterocycles. The second-order valence-corrected chi connectivity index (χ2v) is 13.8. The molecule has 0 saturated carbocycles. The van der Waals surface area contributed by atoms with Crippen molar-refractivity contribution in [1.29, 1.82) is 0 Å². The maximum atomic E-state index is 12.8. The van der Waals surface area contributed by atoms with E-state index in [0.29, 0.717) is 26.0 Å². The molecule has 1 heterocycles. The van der Waals surface area contributed by atoms with Gasteiger partial charge in [0.2, 0.25) is 11.8 Å². The van der Waals surface area contributed by atoms with Gasteiger partial charge in [-0.15, -0.1) is 0 Å². The number of ether oxygens (including phenoxy) is 2. The first kappa shape index (κ1) is 40.1. The number of nitrogens with one attached hydrogen (secondary N) is 2. The molecule has 0 aromatic heterocycles. The number of unbranched alkanes of at least 4 members (excludes halogenated alkanes) is 14. The van der Waals surface area contributed by atoms with E-state index in [4.69, 9.17) is 9.47 Å². The Labute approximate surface area is 268 Å². The van der Waals surface area contributed by atoms with Crippen LogP contribution >= 0.6 is 0 Å². The van der Waals surface area contributed by atoms with Crippen LogP contribution in [-0.4, -0.2) is 54.5 Å². The smallest absolute Gasteiger partial charge is 0.308 e. The first-order chi connectivity index (χ1) is 21.0. The van der Waals surface area contributed by atoms with Gasteiger partial charge in [0.25, 0.3) is 0 Å². The molecule has 0 aromatic carbocycles. The predicted octanol–water partition coefficient (Wildman–Crippen LogP) is 8.09. The molecular weight excluding hydrogens is 556 g/mol. The number of carboxylic acid groups (broad SMARTS) is 1. The van der Waals surface area contributed by atoms with Crippen LogP contribution in [-0.2, 0) is 23.9 Å². The second kappa shape index (κ2) is 23.4. The number of carbonyl (C=O) groups is 3. The molecule has 2 amide bonds. The molecule has 0 bridgehead atoms. The fraction of sp³-hybridized carbons (Fsp3) is 0.861. The first-order valence-corrected chi connectivity index (χ1v) is 17.7. The lowest BCUT2D eigenvalue weighted by molar-refractivity contribution is -0.304. The van der Waals surface area contributed by atoms with E-state index in [-0.39, 0.29) is 18.4 Å². The molecule has 1 aliphatic heterocycles. The Balaban J connectivity index is 2.01. The van der Waals surface area contributed by atoms with Crippen molar-refractivity contribution >= 4 is 17.8 Å². The van der Waals surface area contributed by atoms with Crippen molar-refractivity contribution in [2.24, 2.45) is 11.3 Å². The lowest BCUT2D eigenvalue weighted by Gasteiger charge is -2.44. The van der Waals surface area contributed by atoms with Gasteiger partial charge >= 0.3 is 5.97 Å². The molecule has 0 radical (unpaired) electrons. The Bertz CT molecular complexity index is 825. The van der Waals surface area contributed by atoms with E-state index in [1.807, 2.05) is 13.8 Å². The quantitative estimate of drug-likeness (QED) is 0.0664. The number of aliphatic carboxylic acids is 1. The molecule has 1 rings (SSSR count). The van der Waals surface area contributed by atoms with E-state index in [1.165, 1.54) is 70.6 Å². The summed E-state index contributed by atoms with van der Waals surface area (Å²) >= 11 is 0. The average molecular weight is 623 g/mol. The Kier molecular flexibility index (Phi) is 21.3. The Morgan fingerprint density at radius 2 is 1.36 bits per heavy atom. The van der Waals surface area contributed by atoms with E-state index in [2.05, 4.69) is 29.7 Å². The van der Waals surface area contributed by atoms with Crippen LogP contribution < -0.4 is 10.6 Å². The maximum Gasteiger partial charge on any atom is 0.308 e. The summed E-state index contributed by atoms with van der Waals surface area (Å²) in [5.74, 6) is -2.56. The third-order valence-corrected chi connectivity index (χ3v) is 8.48. The molecule has 1 aliphatic rings. The van der Waals surface area contributed by atoms with E-state index < -0.39 is 29.2 Å². The van der Waals surface area contributed by atoms with Gasteiger partial charge in [-0.2, -0.15) is 0 Å². The van der Waals surface area contributed by atoms with Gasteiger partial charge in [-0.25, -0.2) is 0 Å². The number of allylic oxidation sites excluding steroid dienone is 2. The van der Waals surface area contributed by atoms with Crippen molar-refractivity contribution in [3.8, 4) is 0 Å². The van der Waals surface area contributed by atoms with Crippen molar-refractivity contribution in [3.63, 3.8) is 0 Å². The molecule has 2 unspecified atom stereocenters. The van der Waals surface area contributed by atoms with Gasteiger partial charge in [0.1, 0.15) is 6.10 Å². The summed E-state index contributed by atoms with van der Waals surface area (Å²) < 4.78 is 11.5. The standard InChI is InChI=1S/C36H66N2O6/c1-6-7-8-9-10-11-12-13-14-15-16-17-18-19-23-26-31(39)37-27-24-21-20-22-25-30(34(41)42)28-38-33(40)32-35(2,3)29-43-36(4,5)44-32/h13-14,30,32H,6-12,15-29H2,1-5H3,(H,37,39)(H,38,40)(H,41,42)/b14-13-. The predicted molar refractivity (Wildman–Crippen MR) is 178 cm³/mol.